The number of nitrogens with two attached hydrogens (primary N) is 1. The molecule has 15 heavy (non-hydrogen) atoms. The molecule has 1 aliphatic rings. The Hall–Kier alpha value is -0.120. The molecule has 3 nitrogen and oxygen atoms in total. The zero-order chi connectivity index (χ0) is 11.3. The first-order chi connectivity index (χ1) is 7.11. The van der Waals surface area contributed by atoms with Crippen molar-refractivity contribution in [2.75, 3.05) is 32.7 Å². The Morgan fingerprint density at radius 1 is 1.40 bits per heavy atom. The van der Waals surface area contributed by atoms with E-state index in [4.69, 9.17) is 5.73 Å². The van der Waals surface area contributed by atoms with Crippen LogP contribution in [0.3, 0.4) is 0 Å². The normalized spacial score (nSPS) is 25.8. The van der Waals surface area contributed by atoms with Crippen molar-refractivity contribution in [3.63, 3.8) is 0 Å². The molecule has 0 bridgehead atoms. The molecule has 0 aliphatic carbocycles. The molecule has 2 atom stereocenters. The van der Waals surface area contributed by atoms with Crippen molar-refractivity contribution in [2.45, 2.75) is 33.2 Å². The number of hydrogen-bond donors (Lipinski definition) is 2. The second-order valence-electron chi connectivity index (χ2n) is 5.38. The van der Waals surface area contributed by atoms with E-state index in [1.165, 1.54) is 19.5 Å². The van der Waals surface area contributed by atoms with Crippen LogP contribution in [0.15, 0.2) is 0 Å². The number of hydrogen-bond acceptors (Lipinski definition) is 3. The first-order valence-electron chi connectivity index (χ1n) is 6.27. The second-order valence-corrected chi connectivity index (χ2v) is 5.38. The summed E-state index contributed by atoms with van der Waals surface area (Å²) in [5.41, 5.74) is 5.66. The third-order valence-electron chi connectivity index (χ3n) is 3.07. The lowest BCUT2D eigenvalue weighted by Gasteiger charge is -2.35. The molecule has 3 N–H and O–H groups in total. The first kappa shape index (κ1) is 12.9. The second kappa shape index (κ2) is 6.46. The van der Waals surface area contributed by atoms with E-state index >= 15 is 0 Å². The predicted molar refractivity (Wildman–Crippen MR) is 65.9 cm³/mol. The smallest absolute Gasteiger partial charge is 0.0198 e. The third kappa shape index (κ3) is 4.96. The minimum Gasteiger partial charge on any atom is -0.330 e. The summed E-state index contributed by atoms with van der Waals surface area (Å²) in [4.78, 5) is 2.56. The molecule has 0 spiro atoms. The highest BCUT2D eigenvalue weighted by Gasteiger charge is 2.20. The van der Waals surface area contributed by atoms with Gasteiger partial charge in [0.15, 0.2) is 0 Å². The van der Waals surface area contributed by atoms with Gasteiger partial charge in [0.2, 0.25) is 0 Å². The van der Waals surface area contributed by atoms with E-state index in [0.29, 0.717) is 12.0 Å². The van der Waals surface area contributed by atoms with Crippen molar-refractivity contribution in [3.05, 3.63) is 0 Å². The Morgan fingerprint density at radius 2 is 2.13 bits per heavy atom. The molecule has 0 aromatic heterocycles. The van der Waals surface area contributed by atoms with Gasteiger partial charge in [-0.1, -0.05) is 20.8 Å². The molecule has 3 heteroatoms. The summed E-state index contributed by atoms with van der Waals surface area (Å²) in [6.45, 7) is 12.3. The third-order valence-corrected chi connectivity index (χ3v) is 3.07. The molecular weight excluding hydrogens is 186 g/mol. The van der Waals surface area contributed by atoms with Crippen LogP contribution in [0.25, 0.3) is 0 Å². The average molecular weight is 213 g/mol. The monoisotopic (exact) mass is 213 g/mol. The first-order valence-corrected chi connectivity index (χ1v) is 6.27. The predicted octanol–water partition coefficient (Wildman–Crippen LogP) is 0.901. The summed E-state index contributed by atoms with van der Waals surface area (Å²) < 4.78 is 0. The van der Waals surface area contributed by atoms with Crippen LogP contribution in [0.1, 0.15) is 27.2 Å². The molecule has 0 aromatic rings. The fraction of sp³-hybridized carbons (Fsp3) is 1.00. The molecule has 1 aliphatic heterocycles. The summed E-state index contributed by atoms with van der Waals surface area (Å²) in [7, 11) is 0. The fourth-order valence-corrected chi connectivity index (χ4v) is 2.30. The van der Waals surface area contributed by atoms with Gasteiger partial charge >= 0.3 is 0 Å². The van der Waals surface area contributed by atoms with Crippen molar-refractivity contribution in [1.29, 1.82) is 0 Å². The number of piperazine rings is 1. The zero-order valence-corrected chi connectivity index (χ0v) is 10.5. The molecule has 1 heterocycles. The van der Waals surface area contributed by atoms with Gasteiger partial charge in [0.25, 0.3) is 0 Å². The highest BCUT2D eigenvalue weighted by atomic mass is 15.2. The van der Waals surface area contributed by atoms with E-state index in [0.717, 1.165) is 25.6 Å². The Morgan fingerprint density at radius 3 is 2.73 bits per heavy atom. The van der Waals surface area contributed by atoms with Crippen molar-refractivity contribution in [2.24, 2.45) is 17.6 Å². The maximum atomic E-state index is 5.66. The highest BCUT2D eigenvalue weighted by Crippen LogP contribution is 2.10. The lowest BCUT2D eigenvalue weighted by molar-refractivity contribution is 0.168. The summed E-state index contributed by atoms with van der Waals surface area (Å²) in [6, 6.07) is 0.684. The van der Waals surface area contributed by atoms with Gasteiger partial charge in [-0.25, -0.2) is 0 Å². The van der Waals surface area contributed by atoms with Crippen LogP contribution in [-0.4, -0.2) is 43.7 Å². The number of nitrogens with one attached hydrogen (secondary N) is 1. The minimum atomic E-state index is 0.628. The Balaban J connectivity index is 2.28. The number of nitrogens with zero attached hydrogens (tertiary/aromatic N) is 1. The molecule has 0 amide bonds. The van der Waals surface area contributed by atoms with Crippen LogP contribution < -0.4 is 11.1 Å². The molecule has 1 rings (SSSR count). The summed E-state index contributed by atoms with van der Waals surface area (Å²) >= 11 is 0. The van der Waals surface area contributed by atoms with Gasteiger partial charge in [-0.3, -0.25) is 0 Å². The van der Waals surface area contributed by atoms with Gasteiger partial charge in [-0.15, -0.1) is 0 Å². The maximum absolute atomic E-state index is 5.66. The summed E-state index contributed by atoms with van der Waals surface area (Å²) in [6.07, 6.45) is 1.29. The highest BCUT2D eigenvalue weighted by molar-refractivity contribution is 4.80. The Labute approximate surface area is 94.4 Å². The van der Waals surface area contributed by atoms with Crippen LogP contribution in [0.4, 0.5) is 0 Å². The number of rotatable bonds is 5. The Bertz CT molecular complexity index is 170. The van der Waals surface area contributed by atoms with Crippen molar-refractivity contribution in [3.8, 4) is 0 Å². The fourth-order valence-electron chi connectivity index (χ4n) is 2.30. The van der Waals surface area contributed by atoms with Gasteiger partial charge < -0.3 is 16.0 Å². The van der Waals surface area contributed by atoms with E-state index in [-0.39, 0.29) is 0 Å². The summed E-state index contributed by atoms with van der Waals surface area (Å²) in [5.74, 6) is 1.41. The Kier molecular flexibility index (Phi) is 5.58. The lowest BCUT2D eigenvalue weighted by atomic mass is 10.0. The molecule has 2 unspecified atom stereocenters. The van der Waals surface area contributed by atoms with Crippen LogP contribution in [0, 0.1) is 11.8 Å². The van der Waals surface area contributed by atoms with Crippen molar-refractivity contribution >= 4 is 0 Å². The van der Waals surface area contributed by atoms with E-state index in [1.807, 2.05) is 0 Å². The largest absolute Gasteiger partial charge is 0.330 e. The van der Waals surface area contributed by atoms with Gasteiger partial charge in [0.1, 0.15) is 0 Å². The molecule has 0 radical (unpaired) electrons. The van der Waals surface area contributed by atoms with Crippen LogP contribution >= 0.6 is 0 Å². The lowest BCUT2D eigenvalue weighted by Crippen LogP contribution is -2.52. The van der Waals surface area contributed by atoms with Crippen LogP contribution in [-0.2, 0) is 0 Å². The zero-order valence-electron chi connectivity index (χ0n) is 10.5. The van der Waals surface area contributed by atoms with Crippen molar-refractivity contribution < 1.29 is 0 Å². The van der Waals surface area contributed by atoms with Gasteiger partial charge in [0, 0.05) is 32.2 Å². The maximum Gasteiger partial charge on any atom is 0.0198 e. The molecule has 0 saturated carbocycles. The van der Waals surface area contributed by atoms with Crippen LogP contribution in [0.2, 0.25) is 0 Å². The minimum absolute atomic E-state index is 0.628. The van der Waals surface area contributed by atoms with Crippen LogP contribution in [0.5, 0.6) is 0 Å². The van der Waals surface area contributed by atoms with Gasteiger partial charge in [-0.05, 0) is 24.8 Å². The molecular formula is C12H27N3. The van der Waals surface area contributed by atoms with E-state index in [2.05, 4.69) is 31.0 Å². The molecule has 90 valence electrons. The van der Waals surface area contributed by atoms with Gasteiger partial charge in [0.05, 0.1) is 0 Å². The molecule has 1 saturated heterocycles. The topological polar surface area (TPSA) is 41.3 Å². The van der Waals surface area contributed by atoms with E-state index in [1.54, 1.807) is 0 Å². The van der Waals surface area contributed by atoms with Crippen molar-refractivity contribution in [1.82, 2.24) is 10.2 Å². The standard InChI is InChI=1S/C12H27N3/c1-10(2)6-12-9-15(5-4-14-12)8-11(3)7-13/h10-12,14H,4-9,13H2,1-3H3. The average Bonchev–Trinajstić information content (AvgIpc) is 2.17. The SMILES string of the molecule is CC(C)CC1CN(CC(C)CN)CCN1. The molecule has 0 aromatic carbocycles. The van der Waals surface area contributed by atoms with E-state index < -0.39 is 0 Å². The quantitative estimate of drug-likeness (QED) is 0.713. The molecule has 1 fully saturated rings. The summed E-state index contributed by atoms with van der Waals surface area (Å²) in [5, 5.41) is 3.60. The van der Waals surface area contributed by atoms with Gasteiger partial charge in [-0.2, -0.15) is 0 Å². The van der Waals surface area contributed by atoms with E-state index in [9.17, 15) is 0 Å².